The van der Waals surface area contributed by atoms with Crippen molar-refractivity contribution in [1.29, 1.82) is 0 Å². The second-order valence-electron chi connectivity index (χ2n) is 11.4. The number of esters is 1. The summed E-state index contributed by atoms with van der Waals surface area (Å²) in [6, 6.07) is 14.3. The quantitative estimate of drug-likeness (QED) is 0.0521. The number of rotatable bonds is 15. The fraction of sp³-hybridized carbons (Fsp3) is 0.333. The molecule has 0 atom stereocenters. The maximum atomic E-state index is 12.5. The highest BCUT2D eigenvalue weighted by Crippen LogP contribution is 2.34. The molecule has 0 aliphatic rings. The lowest BCUT2D eigenvalue weighted by molar-refractivity contribution is -0.134. The molecule has 4 heterocycles. The number of ether oxygens (including phenoxy) is 1. The molecule has 0 aliphatic carbocycles. The first-order valence-electron chi connectivity index (χ1n) is 15.5. The summed E-state index contributed by atoms with van der Waals surface area (Å²) in [7, 11) is 2.21. The number of unbranched alkanes of at least 4 members (excludes halogenated alkanes) is 2. The Labute approximate surface area is 266 Å². The topological polar surface area (TPSA) is 119 Å². The Kier molecular flexibility index (Phi) is 9.73. The van der Waals surface area contributed by atoms with Crippen LogP contribution >= 0.6 is 11.3 Å². The van der Waals surface area contributed by atoms with Crippen molar-refractivity contribution in [2.24, 2.45) is 0 Å². The van der Waals surface area contributed by atoms with Crippen molar-refractivity contribution in [2.45, 2.75) is 52.0 Å². The van der Waals surface area contributed by atoms with Gasteiger partial charge < -0.3 is 29.5 Å². The zero-order valence-corrected chi connectivity index (χ0v) is 26.7. The number of carbonyl (C=O) groups is 1. The smallest absolute Gasteiger partial charge is 0.360 e. The SMILES string of the molecule is COBNCCCCCC(=O)Oc1ccc2[nH]cc(CCNc3nc(-c4csc5ccccc45)nc4c3ncn4C(C)C)c2c1. The molecule has 6 rings (SSSR count). The van der Waals surface area contributed by atoms with Crippen LogP contribution in [0.25, 0.3) is 43.5 Å². The van der Waals surface area contributed by atoms with E-state index in [0.29, 0.717) is 38.0 Å². The van der Waals surface area contributed by atoms with Gasteiger partial charge in [0.2, 0.25) is 0 Å². The minimum atomic E-state index is -0.208. The summed E-state index contributed by atoms with van der Waals surface area (Å²) in [5.41, 5.74) is 4.72. The molecule has 0 spiro atoms. The molecule has 0 aliphatic heterocycles. The van der Waals surface area contributed by atoms with E-state index in [9.17, 15) is 4.79 Å². The molecule has 0 saturated heterocycles. The number of anilines is 1. The van der Waals surface area contributed by atoms with Crippen LogP contribution < -0.4 is 15.3 Å². The van der Waals surface area contributed by atoms with Gasteiger partial charge in [-0.05, 0) is 69.5 Å². The Morgan fingerprint density at radius 2 is 1.98 bits per heavy atom. The number of fused-ring (bicyclic) bond motifs is 3. The lowest BCUT2D eigenvalue weighted by Crippen LogP contribution is -2.21. The summed E-state index contributed by atoms with van der Waals surface area (Å²) in [6.45, 7) is 5.77. The monoisotopic (exact) mass is 623 g/mol. The van der Waals surface area contributed by atoms with Gasteiger partial charge in [0, 0.05) is 64.2 Å². The number of thiophene rings is 1. The van der Waals surface area contributed by atoms with Crippen LogP contribution in [0.2, 0.25) is 0 Å². The minimum Gasteiger partial charge on any atom is -0.427 e. The molecule has 45 heavy (non-hydrogen) atoms. The second kappa shape index (κ2) is 14.2. The summed E-state index contributed by atoms with van der Waals surface area (Å²) in [4.78, 5) is 30.5. The molecule has 12 heteroatoms. The molecule has 0 amide bonds. The molecule has 0 bridgehead atoms. The molecule has 232 valence electrons. The van der Waals surface area contributed by atoms with Gasteiger partial charge in [-0.25, -0.2) is 15.0 Å². The Balaban J connectivity index is 1.14. The van der Waals surface area contributed by atoms with E-state index in [1.54, 1.807) is 18.4 Å². The van der Waals surface area contributed by atoms with E-state index in [4.69, 9.17) is 19.4 Å². The lowest BCUT2D eigenvalue weighted by Gasteiger charge is -2.11. The molecule has 0 fully saturated rings. The number of H-pyrrole nitrogens is 1. The fourth-order valence-corrected chi connectivity index (χ4v) is 6.42. The van der Waals surface area contributed by atoms with E-state index in [0.717, 1.165) is 70.8 Å². The van der Waals surface area contributed by atoms with Gasteiger partial charge in [-0.2, -0.15) is 0 Å². The third kappa shape index (κ3) is 7.03. The van der Waals surface area contributed by atoms with E-state index in [1.807, 2.05) is 36.8 Å². The molecule has 3 N–H and O–H groups in total. The summed E-state index contributed by atoms with van der Waals surface area (Å²) >= 11 is 1.70. The first-order chi connectivity index (χ1) is 22.0. The number of nitrogens with zero attached hydrogens (tertiary/aromatic N) is 4. The zero-order chi connectivity index (χ0) is 31.2. The van der Waals surface area contributed by atoms with Crippen molar-refractivity contribution in [2.75, 3.05) is 25.5 Å². The van der Waals surface area contributed by atoms with E-state index in [1.165, 1.54) is 4.70 Å². The number of imidazole rings is 1. The Morgan fingerprint density at radius 3 is 2.84 bits per heavy atom. The molecule has 10 nitrogen and oxygen atoms in total. The molecule has 0 radical (unpaired) electrons. The van der Waals surface area contributed by atoms with Gasteiger partial charge in [-0.3, -0.25) is 4.79 Å². The van der Waals surface area contributed by atoms with Crippen LogP contribution in [0.4, 0.5) is 5.82 Å². The highest BCUT2D eigenvalue weighted by atomic mass is 32.1. The Hall–Kier alpha value is -4.26. The van der Waals surface area contributed by atoms with Crippen LogP contribution in [0, 0.1) is 0 Å². The molecule has 6 aromatic rings. The second-order valence-corrected chi connectivity index (χ2v) is 12.3. The highest BCUT2D eigenvalue weighted by Gasteiger charge is 2.18. The molecular formula is C33H38BN7O3S. The Bertz CT molecular complexity index is 1910. The van der Waals surface area contributed by atoms with Gasteiger partial charge in [0.25, 0.3) is 0 Å². The van der Waals surface area contributed by atoms with Crippen LogP contribution in [0.5, 0.6) is 5.75 Å². The summed E-state index contributed by atoms with van der Waals surface area (Å²) in [5.74, 6) is 1.76. The number of carbonyl (C=O) groups excluding carboxylic acids is 1. The van der Waals surface area contributed by atoms with Crippen molar-refractivity contribution in [3.8, 4) is 17.1 Å². The maximum absolute atomic E-state index is 12.5. The minimum absolute atomic E-state index is 0.208. The number of hydrogen-bond acceptors (Lipinski definition) is 9. The fourth-order valence-electron chi connectivity index (χ4n) is 5.49. The van der Waals surface area contributed by atoms with Crippen LogP contribution in [0.1, 0.15) is 51.1 Å². The van der Waals surface area contributed by atoms with E-state index in [-0.39, 0.29) is 12.0 Å². The predicted molar refractivity (Wildman–Crippen MR) is 183 cm³/mol. The molecular weight excluding hydrogens is 585 g/mol. The maximum Gasteiger partial charge on any atom is 0.360 e. The third-order valence-electron chi connectivity index (χ3n) is 7.84. The number of hydrogen-bond donors (Lipinski definition) is 3. The van der Waals surface area contributed by atoms with E-state index < -0.39 is 0 Å². The first-order valence-corrected chi connectivity index (χ1v) is 16.3. The third-order valence-corrected chi connectivity index (χ3v) is 8.80. The molecule has 0 unspecified atom stereocenters. The van der Waals surface area contributed by atoms with Crippen LogP contribution in [0.15, 0.2) is 60.4 Å². The van der Waals surface area contributed by atoms with E-state index in [2.05, 4.69) is 62.5 Å². The summed E-state index contributed by atoms with van der Waals surface area (Å²) in [6.07, 6.45) is 7.75. The number of nitrogens with one attached hydrogen (secondary N) is 3. The van der Waals surface area contributed by atoms with Gasteiger partial charge in [-0.1, -0.05) is 24.6 Å². The van der Waals surface area contributed by atoms with Crippen molar-refractivity contribution in [3.63, 3.8) is 0 Å². The number of aromatic nitrogens is 5. The standard InChI is InChI=1S/C33H38BN7O3S/c1-21(2)41-20-37-30-32(39-31(40-33(30)41)26-19-45-28-10-7-6-9-24(26)28)35-16-14-22-18-36-27-13-12-23(17-25(22)27)44-29(42)11-5-4-8-15-38-34-43-3/h6-7,9-10,12-13,17-21,34,36,38H,4-5,8,11,14-16H2,1-3H3,(H,35,39,40). The van der Waals surface area contributed by atoms with Gasteiger partial charge in [0.05, 0.1) is 6.33 Å². The average molecular weight is 624 g/mol. The summed E-state index contributed by atoms with van der Waals surface area (Å²) in [5, 5.41) is 11.0. The van der Waals surface area contributed by atoms with Crippen molar-refractivity contribution in [1.82, 2.24) is 29.7 Å². The summed E-state index contributed by atoms with van der Waals surface area (Å²) < 4.78 is 14.0. The molecule has 0 saturated carbocycles. The van der Waals surface area contributed by atoms with Gasteiger partial charge in [-0.15, -0.1) is 11.3 Å². The van der Waals surface area contributed by atoms with Gasteiger partial charge in [0.1, 0.15) is 11.3 Å². The van der Waals surface area contributed by atoms with E-state index >= 15 is 0 Å². The number of benzene rings is 2. The predicted octanol–water partition coefficient (Wildman–Crippen LogP) is 6.39. The van der Waals surface area contributed by atoms with Gasteiger partial charge >= 0.3 is 13.6 Å². The van der Waals surface area contributed by atoms with Crippen LogP contribution in [-0.2, 0) is 15.9 Å². The van der Waals surface area contributed by atoms with Crippen molar-refractivity contribution >= 4 is 62.9 Å². The van der Waals surface area contributed by atoms with Crippen LogP contribution in [0.3, 0.4) is 0 Å². The largest absolute Gasteiger partial charge is 0.427 e. The van der Waals surface area contributed by atoms with Crippen molar-refractivity contribution in [3.05, 3.63) is 65.9 Å². The van der Waals surface area contributed by atoms with Crippen LogP contribution in [-0.4, -0.2) is 58.3 Å². The molecule has 2 aromatic carbocycles. The van der Waals surface area contributed by atoms with Crippen molar-refractivity contribution < 1.29 is 14.2 Å². The first kappa shape index (κ1) is 30.8. The highest BCUT2D eigenvalue weighted by molar-refractivity contribution is 7.17. The zero-order valence-electron chi connectivity index (χ0n) is 25.9. The number of aromatic amines is 1. The molecule has 4 aromatic heterocycles. The van der Waals surface area contributed by atoms with Gasteiger partial charge in [0.15, 0.2) is 17.3 Å². The lowest BCUT2D eigenvalue weighted by atomic mass is 10.1. The Morgan fingerprint density at radius 1 is 1.09 bits per heavy atom. The normalized spacial score (nSPS) is 11.6. The average Bonchev–Trinajstić information content (AvgIpc) is 3.77.